The SMILES string of the molecule is COc1c(C(=O)O)cc2c(c1F)OCO2. The van der Waals surface area contributed by atoms with Gasteiger partial charge in [0, 0.05) is 6.07 Å². The first-order valence-electron chi connectivity index (χ1n) is 4.04. The molecule has 2 rings (SSSR count). The maximum atomic E-state index is 13.6. The highest BCUT2D eigenvalue weighted by atomic mass is 19.1. The zero-order valence-electron chi connectivity index (χ0n) is 7.74. The van der Waals surface area contributed by atoms with Crippen molar-refractivity contribution in [1.29, 1.82) is 0 Å². The molecular weight excluding hydrogens is 207 g/mol. The van der Waals surface area contributed by atoms with E-state index in [-0.39, 0.29) is 29.6 Å². The lowest BCUT2D eigenvalue weighted by Crippen LogP contribution is -2.03. The fourth-order valence-electron chi connectivity index (χ4n) is 1.34. The van der Waals surface area contributed by atoms with Crippen molar-refractivity contribution in [3.8, 4) is 17.2 Å². The van der Waals surface area contributed by atoms with Crippen LogP contribution in [0.15, 0.2) is 6.07 Å². The van der Waals surface area contributed by atoms with E-state index in [1.54, 1.807) is 0 Å². The Kier molecular flexibility index (Phi) is 2.11. The van der Waals surface area contributed by atoms with Crippen molar-refractivity contribution in [1.82, 2.24) is 0 Å². The van der Waals surface area contributed by atoms with Gasteiger partial charge >= 0.3 is 5.97 Å². The van der Waals surface area contributed by atoms with Gasteiger partial charge in [0.25, 0.3) is 0 Å². The Balaban J connectivity index is 2.66. The number of rotatable bonds is 2. The molecule has 1 N–H and O–H groups in total. The highest BCUT2D eigenvalue weighted by Gasteiger charge is 2.27. The average molecular weight is 214 g/mol. The lowest BCUT2D eigenvalue weighted by atomic mass is 10.1. The molecule has 1 aromatic rings. The summed E-state index contributed by atoms with van der Waals surface area (Å²) in [5.41, 5.74) is -0.292. The lowest BCUT2D eigenvalue weighted by molar-refractivity contribution is 0.0692. The van der Waals surface area contributed by atoms with E-state index in [0.717, 1.165) is 0 Å². The molecule has 0 atom stereocenters. The van der Waals surface area contributed by atoms with Gasteiger partial charge in [-0.2, -0.15) is 4.39 Å². The number of hydrogen-bond donors (Lipinski definition) is 1. The molecule has 0 aromatic heterocycles. The van der Waals surface area contributed by atoms with Gasteiger partial charge in [-0.1, -0.05) is 0 Å². The minimum absolute atomic E-state index is 0.0747. The standard InChI is InChI=1S/C9H7FO5/c1-13-7-4(9(11)12)2-5-8(6(7)10)15-3-14-5/h2H,3H2,1H3,(H,11,12). The summed E-state index contributed by atoms with van der Waals surface area (Å²) in [6, 6.07) is 1.17. The van der Waals surface area contributed by atoms with Crippen molar-refractivity contribution in [2.45, 2.75) is 0 Å². The van der Waals surface area contributed by atoms with Gasteiger partial charge in [0.05, 0.1) is 7.11 Å². The summed E-state index contributed by atoms with van der Waals surface area (Å²) in [5.74, 6) is -2.54. The number of carboxylic acids is 1. The first kappa shape index (κ1) is 9.57. The number of aromatic carboxylic acids is 1. The molecule has 0 saturated heterocycles. The van der Waals surface area contributed by atoms with Gasteiger partial charge in [-0.3, -0.25) is 0 Å². The largest absolute Gasteiger partial charge is 0.493 e. The third kappa shape index (κ3) is 1.34. The summed E-state index contributed by atoms with van der Waals surface area (Å²) in [7, 11) is 1.19. The molecular formula is C9H7FO5. The van der Waals surface area contributed by atoms with Crippen molar-refractivity contribution in [2.75, 3.05) is 13.9 Å². The second-order valence-corrected chi connectivity index (χ2v) is 2.81. The van der Waals surface area contributed by atoms with Crippen LogP contribution >= 0.6 is 0 Å². The Bertz CT molecular complexity index is 429. The molecule has 1 aromatic carbocycles. The predicted octanol–water partition coefficient (Wildman–Crippen LogP) is 1.26. The van der Waals surface area contributed by atoms with Crippen LogP contribution in [0.2, 0.25) is 0 Å². The number of benzene rings is 1. The molecule has 1 heterocycles. The summed E-state index contributed by atoms with van der Waals surface area (Å²) < 4.78 is 28.0. The number of hydrogen-bond acceptors (Lipinski definition) is 4. The molecule has 80 valence electrons. The molecule has 0 fully saturated rings. The van der Waals surface area contributed by atoms with Gasteiger partial charge in [-0.05, 0) is 0 Å². The Labute approximate surface area is 84.0 Å². The summed E-state index contributed by atoms with van der Waals surface area (Å²) in [6.07, 6.45) is 0. The van der Waals surface area contributed by atoms with Crippen LogP contribution in [-0.2, 0) is 0 Å². The number of fused-ring (bicyclic) bond motifs is 1. The Morgan fingerprint density at radius 2 is 2.33 bits per heavy atom. The van der Waals surface area contributed by atoms with Gasteiger partial charge in [0.1, 0.15) is 5.56 Å². The van der Waals surface area contributed by atoms with E-state index in [1.165, 1.54) is 13.2 Å². The van der Waals surface area contributed by atoms with Crippen LogP contribution in [0.5, 0.6) is 17.2 Å². The Hall–Kier alpha value is -1.98. The Morgan fingerprint density at radius 1 is 1.60 bits per heavy atom. The molecule has 6 heteroatoms. The van der Waals surface area contributed by atoms with Gasteiger partial charge in [0.2, 0.25) is 18.4 Å². The van der Waals surface area contributed by atoms with Gasteiger partial charge in [-0.15, -0.1) is 0 Å². The third-order valence-corrected chi connectivity index (χ3v) is 1.99. The second kappa shape index (κ2) is 3.30. The van der Waals surface area contributed by atoms with Crippen molar-refractivity contribution < 1.29 is 28.5 Å². The highest BCUT2D eigenvalue weighted by Crippen LogP contribution is 2.41. The van der Waals surface area contributed by atoms with Crippen LogP contribution < -0.4 is 14.2 Å². The fraction of sp³-hybridized carbons (Fsp3) is 0.222. The van der Waals surface area contributed by atoms with Crippen LogP contribution in [0.1, 0.15) is 10.4 Å². The number of carboxylic acid groups (broad SMARTS) is 1. The van der Waals surface area contributed by atoms with Crippen LogP contribution in [0.25, 0.3) is 0 Å². The minimum Gasteiger partial charge on any atom is -0.493 e. The number of ether oxygens (including phenoxy) is 3. The van der Waals surface area contributed by atoms with E-state index in [2.05, 4.69) is 4.74 Å². The predicted molar refractivity (Wildman–Crippen MR) is 46.0 cm³/mol. The molecule has 0 aliphatic carbocycles. The van der Waals surface area contributed by atoms with E-state index in [4.69, 9.17) is 14.6 Å². The molecule has 0 bridgehead atoms. The van der Waals surface area contributed by atoms with E-state index < -0.39 is 11.8 Å². The molecule has 1 aliphatic heterocycles. The van der Waals surface area contributed by atoms with Crippen molar-refractivity contribution >= 4 is 5.97 Å². The quantitative estimate of drug-likeness (QED) is 0.802. The zero-order chi connectivity index (χ0) is 11.0. The van der Waals surface area contributed by atoms with E-state index in [1.807, 2.05) is 0 Å². The molecule has 0 unspecified atom stereocenters. The first-order valence-corrected chi connectivity index (χ1v) is 4.04. The highest BCUT2D eigenvalue weighted by molar-refractivity contribution is 5.92. The lowest BCUT2D eigenvalue weighted by Gasteiger charge is -2.07. The topological polar surface area (TPSA) is 65.0 Å². The maximum absolute atomic E-state index is 13.6. The summed E-state index contributed by atoms with van der Waals surface area (Å²) in [4.78, 5) is 10.8. The monoisotopic (exact) mass is 214 g/mol. The van der Waals surface area contributed by atoms with Gasteiger partial charge in [-0.25, -0.2) is 4.79 Å². The molecule has 1 aliphatic rings. The maximum Gasteiger partial charge on any atom is 0.339 e. The average Bonchev–Trinajstić information content (AvgIpc) is 2.65. The number of carbonyl (C=O) groups is 1. The third-order valence-electron chi connectivity index (χ3n) is 1.99. The molecule has 0 spiro atoms. The van der Waals surface area contributed by atoms with Crippen molar-refractivity contribution in [3.63, 3.8) is 0 Å². The minimum atomic E-state index is -1.29. The fourth-order valence-corrected chi connectivity index (χ4v) is 1.34. The smallest absolute Gasteiger partial charge is 0.339 e. The molecule has 15 heavy (non-hydrogen) atoms. The number of halogens is 1. The van der Waals surface area contributed by atoms with E-state index in [0.29, 0.717) is 0 Å². The van der Waals surface area contributed by atoms with Gasteiger partial charge < -0.3 is 19.3 Å². The van der Waals surface area contributed by atoms with E-state index >= 15 is 0 Å². The summed E-state index contributed by atoms with van der Waals surface area (Å²) in [5, 5.41) is 8.81. The molecule has 5 nitrogen and oxygen atoms in total. The van der Waals surface area contributed by atoms with Crippen LogP contribution in [-0.4, -0.2) is 25.0 Å². The number of methoxy groups -OCH3 is 1. The molecule has 0 radical (unpaired) electrons. The second-order valence-electron chi connectivity index (χ2n) is 2.81. The molecule has 0 saturated carbocycles. The van der Waals surface area contributed by atoms with Gasteiger partial charge in [0.15, 0.2) is 11.5 Å². The van der Waals surface area contributed by atoms with Crippen LogP contribution in [0, 0.1) is 5.82 Å². The van der Waals surface area contributed by atoms with Crippen molar-refractivity contribution in [3.05, 3.63) is 17.4 Å². The Morgan fingerprint density at radius 3 is 2.93 bits per heavy atom. The van der Waals surface area contributed by atoms with Crippen LogP contribution in [0.3, 0.4) is 0 Å². The molecule has 0 amide bonds. The van der Waals surface area contributed by atoms with Crippen LogP contribution in [0.4, 0.5) is 4.39 Å². The first-order chi connectivity index (χ1) is 7.15. The summed E-state index contributed by atoms with van der Waals surface area (Å²) >= 11 is 0. The zero-order valence-corrected chi connectivity index (χ0v) is 7.74. The normalized spacial score (nSPS) is 12.7. The van der Waals surface area contributed by atoms with E-state index in [9.17, 15) is 9.18 Å². The summed E-state index contributed by atoms with van der Waals surface area (Å²) in [6.45, 7) is -0.127. The van der Waals surface area contributed by atoms with Crippen molar-refractivity contribution in [2.24, 2.45) is 0 Å².